The molecule has 0 radical (unpaired) electrons. The fourth-order valence-electron chi connectivity index (χ4n) is 4.04. The zero-order valence-corrected chi connectivity index (χ0v) is 14.7. The molecule has 6 unspecified atom stereocenters. The van der Waals surface area contributed by atoms with Crippen LogP contribution in [-0.4, -0.2) is 47.2 Å². The Morgan fingerprint density at radius 3 is 2.59 bits per heavy atom. The van der Waals surface area contributed by atoms with Crippen molar-refractivity contribution in [2.24, 2.45) is 17.8 Å². The highest BCUT2D eigenvalue weighted by Gasteiger charge is 2.32. The Labute approximate surface area is 135 Å². The summed E-state index contributed by atoms with van der Waals surface area (Å²) in [5.41, 5.74) is 0. The number of carbonyl (C=O) groups is 1. The summed E-state index contributed by atoms with van der Waals surface area (Å²) in [7, 11) is 0. The van der Waals surface area contributed by atoms with Crippen LogP contribution in [0, 0.1) is 17.8 Å². The molecule has 6 atom stereocenters. The summed E-state index contributed by atoms with van der Waals surface area (Å²) in [4.78, 5) is 14.9. The van der Waals surface area contributed by atoms with Gasteiger partial charge in [0.1, 0.15) is 0 Å². The van der Waals surface area contributed by atoms with Crippen LogP contribution in [0.15, 0.2) is 0 Å². The molecular formula is C18H34N2O2. The van der Waals surface area contributed by atoms with E-state index >= 15 is 0 Å². The molecule has 0 bridgehead atoms. The van der Waals surface area contributed by atoms with Gasteiger partial charge in [0.25, 0.3) is 0 Å². The zero-order valence-electron chi connectivity index (χ0n) is 14.7. The summed E-state index contributed by atoms with van der Waals surface area (Å²) in [6.07, 6.45) is 5.48. The normalized spacial score (nSPS) is 36.6. The summed E-state index contributed by atoms with van der Waals surface area (Å²) in [5, 5.41) is 13.1. The number of nitrogens with zero attached hydrogens (tertiary/aromatic N) is 1. The average molecular weight is 310 g/mol. The van der Waals surface area contributed by atoms with Gasteiger partial charge in [-0.15, -0.1) is 0 Å². The van der Waals surface area contributed by atoms with Gasteiger partial charge in [0, 0.05) is 12.6 Å². The fraction of sp³-hybridized carbons (Fsp3) is 0.944. The van der Waals surface area contributed by atoms with Crippen molar-refractivity contribution in [3.63, 3.8) is 0 Å². The molecule has 1 heterocycles. The fourth-order valence-corrected chi connectivity index (χ4v) is 4.04. The van der Waals surface area contributed by atoms with Crippen molar-refractivity contribution in [3.05, 3.63) is 0 Å². The Morgan fingerprint density at radius 2 is 1.91 bits per heavy atom. The summed E-state index contributed by atoms with van der Waals surface area (Å²) in [6.45, 7) is 10.2. The Balaban J connectivity index is 1.88. The van der Waals surface area contributed by atoms with Crippen LogP contribution in [0.5, 0.6) is 0 Å². The molecule has 2 fully saturated rings. The molecule has 1 aliphatic heterocycles. The van der Waals surface area contributed by atoms with Gasteiger partial charge in [-0.3, -0.25) is 9.69 Å². The van der Waals surface area contributed by atoms with Crippen LogP contribution in [0.3, 0.4) is 0 Å². The number of rotatable bonds is 4. The van der Waals surface area contributed by atoms with Gasteiger partial charge in [0.05, 0.1) is 12.1 Å². The number of hydrogen-bond acceptors (Lipinski definition) is 3. The molecule has 4 nitrogen and oxygen atoms in total. The highest BCUT2D eigenvalue weighted by molar-refractivity contribution is 5.81. The maximum absolute atomic E-state index is 12.6. The number of carbonyl (C=O) groups excluding carboxylic acids is 1. The van der Waals surface area contributed by atoms with Crippen molar-refractivity contribution in [2.75, 3.05) is 13.1 Å². The van der Waals surface area contributed by atoms with Crippen molar-refractivity contribution in [2.45, 2.75) is 78.0 Å². The summed E-state index contributed by atoms with van der Waals surface area (Å²) in [5.74, 6) is 1.73. The van der Waals surface area contributed by atoms with Crippen molar-refractivity contribution >= 4 is 5.91 Å². The van der Waals surface area contributed by atoms with Crippen LogP contribution in [0.4, 0.5) is 0 Å². The van der Waals surface area contributed by atoms with Gasteiger partial charge in [-0.2, -0.15) is 0 Å². The third-order valence-electron chi connectivity index (χ3n) is 6.13. The molecule has 4 heteroatoms. The number of hydrogen-bond donors (Lipinski definition) is 2. The first-order valence-electron chi connectivity index (χ1n) is 9.12. The van der Waals surface area contributed by atoms with Crippen LogP contribution in [0.2, 0.25) is 0 Å². The Morgan fingerprint density at radius 1 is 1.18 bits per heavy atom. The molecule has 0 spiro atoms. The molecule has 1 saturated carbocycles. The van der Waals surface area contributed by atoms with Crippen LogP contribution >= 0.6 is 0 Å². The number of piperidine rings is 1. The molecule has 2 aliphatic rings. The van der Waals surface area contributed by atoms with E-state index in [9.17, 15) is 9.90 Å². The van der Waals surface area contributed by atoms with Gasteiger partial charge in [0.15, 0.2) is 0 Å². The van der Waals surface area contributed by atoms with Crippen molar-refractivity contribution in [1.82, 2.24) is 10.2 Å². The van der Waals surface area contributed by atoms with Crippen LogP contribution in [0.25, 0.3) is 0 Å². The van der Waals surface area contributed by atoms with Gasteiger partial charge in [0.2, 0.25) is 5.91 Å². The minimum Gasteiger partial charge on any atom is -0.393 e. The standard InChI is InChI=1S/C18H34N2O2/c1-12-7-5-9-17(13(12)2)19-18(22)14(3)20-10-6-8-16(11-20)15(4)21/h12-17,21H,5-11H2,1-4H3,(H,19,22). The maximum atomic E-state index is 12.6. The molecular weight excluding hydrogens is 276 g/mol. The smallest absolute Gasteiger partial charge is 0.237 e. The first-order valence-corrected chi connectivity index (χ1v) is 9.12. The molecule has 0 aromatic rings. The van der Waals surface area contributed by atoms with Gasteiger partial charge >= 0.3 is 0 Å². The summed E-state index contributed by atoms with van der Waals surface area (Å²) < 4.78 is 0. The summed E-state index contributed by atoms with van der Waals surface area (Å²) >= 11 is 0. The number of amides is 1. The lowest BCUT2D eigenvalue weighted by Gasteiger charge is -2.39. The minimum atomic E-state index is -0.280. The molecule has 1 saturated heterocycles. The van der Waals surface area contributed by atoms with Crippen molar-refractivity contribution < 1.29 is 9.90 Å². The molecule has 1 aliphatic carbocycles. The van der Waals surface area contributed by atoms with Crippen LogP contribution in [-0.2, 0) is 4.79 Å². The zero-order chi connectivity index (χ0) is 16.3. The second kappa shape index (κ2) is 7.78. The average Bonchev–Trinajstić information content (AvgIpc) is 2.51. The van der Waals surface area contributed by atoms with E-state index < -0.39 is 0 Å². The lowest BCUT2D eigenvalue weighted by atomic mass is 9.78. The highest BCUT2D eigenvalue weighted by atomic mass is 16.3. The molecule has 0 aromatic carbocycles. The molecule has 22 heavy (non-hydrogen) atoms. The maximum Gasteiger partial charge on any atom is 0.237 e. The van der Waals surface area contributed by atoms with E-state index in [0.717, 1.165) is 32.4 Å². The van der Waals surface area contributed by atoms with Crippen molar-refractivity contribution in [3.8, 4) is 0 Å². The second-order valence-electron chi connectivity index (χ2n) is 7.70. The predicted molar refractivity (Wildman–Crippen MR) is 89.5 cm³/mol. The lowest BCUT2D eigenvalue weighted by molar-refractivity contribution is -0.128. The summed E-state index contributed by atoms with van der Waals surface area (Å²) in [6, 6.07) is 0.238. The number of likely N-dealkylation sites (tertiary alicyclic amines) is 1. The number of nitrogens with one attached hydrogen (secondary N) is 1. The highest BCUT2D eigenvalue weighted by Crippen LogP contribution is 2.29. The Bertz CT molecular complexity index is 372. The van der Waals surface area contributed by atoms with E-state index in [4.69, 9.17) is 0 Å². The number of aliphatic hydroxyl groups excluding tert-OH is 1. The van der Waals surface area contributed by atoms with E-state index in [1.54, 1.807) is 0 Å². The van der Waals surface area contributed by atoms with E-state index in [1.807, 2.05) is 13.8 Å². The molecule has 2 N–H and O–H groups in total. The Hall–Kier alpha value is -0.610. The molecule has 128 valence electrons. The van der Waals surface area contributed by atoms with Crippen LogP contribution in [0.1, 0.15) is 59.8 Å². The van der Waals surface area contributed by atoms with E-state index in [-0.39, 0.29) is 18.1 Å². The van der Waals surface area contributed by atoms with E-state index in [0.29, 0.717) is 23.8 Å². The van der Waals surface area contributed by atoms with Gasteiger partial charge in [-0.05, 0) is 57.4 Å². The quantitative estimate of drug-likeness (QED) is 0.838. The molecule has 0 aromatic heterocycles. The lowest BCUT2D eigenvalue weighted by Crippen LogP contribution is -2.54. The van der Waals surface area contributed by atoms with Gasteiger partial charge < -0.3 is 10.4 Å². The second-order valence-corrected chi connectivity index (χ2v) is 7.70. The topological polar surface area (TPSA) is 52.6 Å². The third-order valence-corrected chi connectivity index (χ3v) is 6.13. The predicted octanol–water partition coefficient (Wildman–Crippen LogP) is 2.41. The van der Waals surface area contributed by atoms with Gasteiger partial charge in [-0.1, -0.05) is 26.7 Å². The largest absolute Gasteiger partial charge is 0.393 e. The number of aliphatic hydroxyl groups is 1. The minimum absolute atomic E-state index is 0.0917. The first kappa shape index (κ1) is 17.7. The van der Waals surface area contributed by atoms with E-state index in [2.05, 4.69) is 24.1 Å². The third kappa shape index (κ3) is 4.23. The monoisotopic (exact) mass is 310 g/mol. The Kier molecular flexibility index (Phi) is 6.27. The van der Waals surface area contributed by atoms with Gasteiger partial charge in [-0.25, -0.2) is 0 Å². The van der Waals surface area contributed by atoms with E-state index in [1.165, 1.54) is 12.8 Å². The SMILES string of the molecule is CC(O)C1CCCN(C(C)C(=O)NC2CCCC(C)C2C)C1. The van der Waals surface area contributed by atoms with Crippen molar-refractivity contribution in [1.29, 1.82) is 0 Å². The first-order chi connectivity index (χ1) is 10.4. The molecule has 2 rings (SSSR count). The van der Waals surface area contributed by atoms with Crippen LogP contribution < -0.4 is 5.32 Å². The molecule has 1 amide bonds.